The number of hydrogen-bond donors (Lipinski definition) is 2. The number of anilines is 2. The summed E-state index contributed by atoms with van der Waals surface area (Å²) in [5, 5.41) is 3.17. The molecule has 1 amide bonds. The van der Waals surface area contributed by atoms with Crippen molar-refractivity contribution >= 4 is 27.4 Å². The first-order chi connectivity index (χ1) is 17.7. The maximum absolute atomic E-state index is 13.2. The van der Waals surface area contributed by atoms with E-state index < -0.39 is 10.0 Å². The van der Waals surface area contributed by atoms with Crippen molar-refractivity contribution in [3.05, 3.63) is 82.7 Å². The van der Waals surface area contributed by atoms with Gasteiger partial charge in [-0.3, -0.25) is 4.79 Å². The highest BCUT2D eigenvalue weighted by Gasteiger charge is 2.33. The second kappa shape index (κ2) is 10.3. The molecule has 2 atom stereocenters. The lowest BCUT2D eigenvalue weighted by atomic mass is 9.91. The van der Waals surface area contributed by atoms with E-state index in [0.717, 1.165) is 70.4 Å². The zero-order valence-corrected chi connectivity index (χ0v) is 23.1. The second-order valence-electron chi connectivity index (χ2n) is 11.0. The maximum atomic E-state index is 13.2. The number of fused-ring (bicyclic) bond motifs is 3. The average Bonchev–Trinajstić information content (AvgIpc) is 2.85. The summed E-state index contributed by atoms with van der Waals surface area (Å²) in [5.74, 6) is 5.49. The Morgan fingerprint density at radius 3 is 2.68 bits per heavy atom. The zero-order valence-electron chi connectivity index (χ0n) is 22.3. The molecule has 3 N–H and O–H groups in total. The van der Waals surface area contributed by atoms with Crippen LogP contribution >= 0.6 is 10.0 Å². The summed E-state index contributed by atoms with van der Waals surface area (Å²) in [5.41, 5.74) is 15.5. The van der Waals surface area contributed by atoms with Gasteiger partial charge in [-0.1, -0.05) is 61.9 Å². The molecule has 1 aromatic heterocycles. The van der Waals surface area contributed by atoms with Gasteiger partial charge in [0.2, 0.25) is 5.91 Å². The van der Waals surface area contributed by atoms with Crippen molar-refractivity contribution in [2.75, 3.05) is 28.3 Å². The zero-order chi connectivity index (χ0) is 26.2. The normalized spacial score (nSPS) is 22.5. The van der Waals surface area contributed by atoms with Gasteiger partial charge in [-0.15, -0.1) is 0 Å². The van der Waals surface area contributed by atoms with Crippen molar-refractivity contribution in [1.82, 2.24) is 9.97 Å². The summed E-state index contributed by atoms with van der Waals surface area (Å²) in [7, 11) is -0.993. The van der Waals surface area contributed by atoms with Crippen LogP contribution in [0.1, 0.15) is 48.3 Å². The van der Waals surface area contributed by atoms with Crippen LogP contribution in [0, 0.1) is 12.8 Å². The molecule has 1 saturated heterocycles. The number of benzene rings is 2. The summed E-state index contributed by atoms with van der Waals surface area (Å²) < 4.78 is 0. The number of aromatic nitrogens is 2. The lowest BCUT2D eigenvalue weighted by Crippen LogP contribution is -2.27. The molecule has 2 unspecified atom stereocenters. The standard InChI is InChI=1S/C31H38N4OS/c1-5-37(17-21(3)14-22(4)18-37)19-28-31(35-29(36)15-23-8-6-20(2)7-9-23)34-27-13-10-24-16-25(32)11-12-26(24)30(27)33-28/h6-9,11-12,16,22H,3,5,10,13-15,17-19,32H2,1-2,4H3,(H,34,35,36). The molecule has 2 aromatic carbocycles. The SMILES string of the molecule is C=C1CC(C)CS(CC)(Cc2nc3c(nc2NC(=O)Cc2ccc(C)cc2)CCc2cc(N)ccc2-3)C1. The van der Waals surface area contributed by atoms with E-state index in [1.165, 1.54) is 22.5 Å². The number of nitrogens with two attached hydrogens (primary N) is 1. The number of rotatable bonds is 6. The number of nitrogens with one attached hydrogen (secondary N) is 1. The van der Waals surface area contributed by atoms with Gasteiger partial charge in [0.25, 0.3) is 0 Å². The Kier molecular flexibility index (Phi) is 7.13. The number of amides is 1. The third-order valence-electron chi connectivity index (χ3n) is 7.64. The molecule has 1 aliphatic heterocycles. The van der Waals surface area contributed by atoms with Crippen LogP contribution in [0.2, 0.25) is 0 Å². The molecule has 3 aromatic rings. The molecule has 6 heteroatoms. The molecular formula is C31H38N4OS. The minimum atomic E-state index is -0.993. The number of nitrogen functional groups attached to an aromatic ring is 1. The monoisotopic (exact) mass is 514 g/mol. The van der Waals surface area contributed by atoms with Crippen molar-refractivity contribution in [2.24, 2.45) is 5.92 Å². The molecule has 0 saturated carbocycles. The lowest BCUT2D eigenvalue weighted by molar-refractivity contribution is -0.115. The van der Waals surface area contributed by atoms with Gasteiger partial charge < -0.3 is 11.1 Å². The molecule has 0 spiro atoms. The van der Waals surface area contributed by atoms with E-state index in [-0.39, 0.29) is 5.91 Å². The molecule has 1 aliphatic carbocycles. The van der Waals surface area contributed by atoms with E-state index in [4.69, 9.17) is 15.7 Å². The Morgan fingerprint density at radius 1 is 1.16 bits per heavy atom. The van der Waals surface area contributed by atoms with Gasteiger partial charge in [0.05, 0.1) is 23.5 Å². The highest BCUT2D eigenvalue weighted by atomic mass is 32.3. The first-order valence-electron chi connectivity index (χ1n) is 13.3. The van der Waals surface area contributed by atoms with Crippen LogP contribution in [-0.4, -0.2) is 33.1 Å². The van der Waals surface area contributed by atoms with Gasteiger partial charge in [-0.05, 0) is 72.6 Å². The first-order valence-corrected chi connectivity index (χ1v) is 15.6. The summed E-state index contributed by atoms with van der Waals surface area (Å²) in [6, 6.07) is 14.2. The van der Waals surface area contributed by atoms with E-state index in [1.807, 2.05) is 30.3 Å². The van der Waals surface area contributed by atoms with Gasteiger partial charge in [0, 0.05) is 17.0 Å². The molecule has 1 fully saturated rings. The third-order valence-corrected chi connectivity index (χ3v) is 12.0. The van der Waals surface area contributed by atoms with E-state index >= 15 is 0 Å². The summed E-state index contributed by atoms with van der Waals surface area (Å²) in [6.45, 7) is 11.1. The molecule has 5 nitrogen and oxygen atoms in total. The van der Waals surface area contributed by atoms with Crippen LogP contribution in [0.3, 0.4) is 0 Å². The average molecular weight is 515 g/mol. The van der Waals surface area contributed by atoms with Crippen molar-refractivity contribution in [3.63, 3.8) is 0 Å². The van der Waals surface area contributed by atoms with E-state index in [1.54, 1.807) is 0 Å². The van der Waals surface area contributed by atoms with Gasteiger partial charge in [-0.25, -0.2) is 20.0 Å². The minimum Gasteiger partial charge on any atom is -0.399 e. The fourth-order valence-corrected chi connectivity index (χ4v) is 9.97. The van der Waals surface area contributed by atoms with E-state index in [2.05, 4.69) is 44.8 Å². The smallest absolute Gasteiger partial charge is 0.229 e. The maximum Gasteiger partial charge on any atom is 0.229 e. The Morgan fingerprint density at radius 2 is 1.95 bits per heavy atom. The van der Waals surface area contributed by atoms with Crippen LogP contribution in [0.25, 0.3) is 11.3 Å². The topological polar surface area (TPSA) is 80.9 Å². The predicted molar refractivity (Wildman–Crippen MR) is 157 cm³/mol. The van der Waals surface area contributed by atoms with Crippen molar-refractivity contribution < 1.29 is 4.79 Å². The number of aryl methyl sites for hydroxylation is 3. The van der Waals surface area contributed by atoms with Crippen molar-refractivity contribution in [1.29, 1.82) is 0 Å². The number of hydrogen-bond acceptors (Lipinski definition) is 4. The predicted octanol–water partition coefficient (Wildman–Crippen LogP) is 6.23. The van der Waals surface area contributed by atoms with E-state index in [0.29, 0.717) is 18.2 Å². The summed E-state index contributed by atoms with van der Waals surface area (Å²) >= 11 is 0. The summed E-state index contributed by atoms with van der Waals surface area (Å²) in [6.07, 6.45) is 3.10. The van der Waals surface area contributed by atoms with Gasteiger partial charge >= 0.3 is 0 Å². The molecule has 2 heterocycles. The van der Waals surface area contributed by atoms with Gasteiger partial charge in [0.15, 0.2) is 5.82 Å². The Bertz CT molecular complexity index is 1350. The highest BCUT2D eigenvalue weighted by Crippen LogP contribution is 2.57. The Labute approximate surface area is 222 Å². The van der Waals surface area contributed by atoms with Crippen LogP contribution in [0.4, 0.5) is 11.5 Å². The Hall–Kier alpha value is -3.12. The fourth-order valence-electron chi connectivity index (χ4n) is 5.90. The number of carbonyl (C=O) groups excluding carboxylic acids is 1. The molecule has 194 valence electrons. The molecule has 2 aliphatic rings. The van der Waals surface area contributed by atoms with Crippen molar-refractivity contribution in [3.8, 4) is 11.3 Å². The van der Waals surface area contributed by atoms with Crippen LogP contribution < -0.4 is 11.1 Å². The molecule has 37 heavy (non-hydrogen) atoms. The molecule has 5 rings (SSSR count). The quantitative estimate of drug-likeness (QED) is 0.302. The number of carbonyl (C=O) groups is 1. The van der Waals surface area contributed by atoms with Gasteiger partial charge in [-0.2, -0.15) is 0 Å². The second-order valence-corrected chi connectivity index (χ2v) is 14.9. The lowest BCUT2D eigenvalue weighted by Gasteiger charge is -2.46. The van der Waals surface area contributed by atoms with Crippen LogP contribution in [0.15, 0.2) is 54.6 Å². The molecule has 0 bridgehead atoms. The van der Waals surface area contributed by atoms with Crippen LogP contribution in [-0.2, 0) is 29.8 Å². The van der Waals surface area contributed by atoms with Crippen LogP contribution in [0.5, 0.6) is 0 Å². The molecule has 0 radical (unpaired) electrons. The minimum absolute atomic E-state index is 0.0506. The highest BCUT2D eigenvalue weighted by molar-refractivity contribution is 8.33. The van der Waals surface area contributed by atoms with Gasteiger partial charge in [0.1, 0.15) is 0 Å². The van der Waals surface area contributed by atoms with Crippen molar-refractivity contribution in [2.45, 2.75) is 52.2 Å². The van der Waals surface area contributed by atoms with E-state index in [9.17, 15) is 4.79 Å². The first kappa shape index (κ1) is 25.5. The molecular weight excluding hydrogens is 476 g/mol. The third kappa shape index (κ3) is 5.59. The largest absolute Gasteiger partial charge is 0.399 e. The fraction of sp³-hybridized carbons (Fsp3) is 0.387. The summed E-state index contributed by atoms with van der Waals surface area (Å²) in [4.78, 5) is 23.5. The number of nitrogens with zero attached hydrogens (tertiary/aromatic N) is 2. The Balaban J connectivity index is 1.52.